The van der Waals surface area contributed by atoms with Gasteiger partial charge < -0.3 is 32.0 Å². The van der Waals surface area contributed by atoms with Gasteiger partial charge in [-0.2, -0.15) is 0 Å². The first-order valence-corrected chi connectivity index (χ1v) is 47.8. The molecule has 23 rings (SSSR count). The summed E-state index contributed by atoms with van der Waals surface area (Å²) in [4.78, 5) is 119. The average molecular weight is 1870 g/mol. The third-order valence-electron chi connectivity index (χ3n) is 24.9. The third-order valence-corrected chi connectivity index (χ3v) is 26.7. The van der Waals surface area contributed by atoms with Crippen LogP contribution in [0.4, 0.5) is 0 Å². The first kappa shape index (κ1) is 89.7. The van der Waals surface area contributed by atoms with Crippen LogP contribution in [-0.4, -0.2) is 130 Å². The van der Waals surface area contributed by atoms with E-state index in [1.807, 2.05) is 222 Å². The Labute approximate surface area is 800 Å². The largest absolute Gasteiger partial charge is 0.327 e. The summed E-state index contributed by atoms with van der Waals surface area (Å²) in [5, 5.41) is 15.1. The van der Waals surface area contributed by atoms with Gasteiger partial charge >= 0.3 is 0 Å². The molecule has 0 spiro atoms. The van der Waals surface area contributed by atoms with Gasteiger partial charge in [0, 0.05) is 126 Å². The van der Waals surface area contributed by atoms with Gasteiger partial charge in [-0.1, -0.05) is 62.4 Å². The second-order valence-corrected chi connectivity index (χ2v) is 38.1. The Morgan fingerprint density at radius 3 is 1.30 bits per heavy atom. The number of benzene rings is 5. The second-order valence-electron chi connectivity index (χ2n) is 36.3. The van der Waals surface area contributed by atoms with Gasteiger partial charge in [0.15, 0.2) is 34.1 Å². The van der Waals surface area contributed by atoms with Gasteiger partial charge in [0.25, 0.3) is 22.2 Å². The number of hydrogen-bond acceptors (Lipinski definition) is 22. The number of thiophene rings is 1. The number of rotatable bonds is 20. The molecular weight excluding hydrogens is 1770 g/mol. The lowest BCUT2D eigenvalue weighted by Gasteiger charge is -2.13. The molecule has 2 fully saturated rings. The first-order chi connectivity index (χ1) is 66.8. The molecule has 21 aromatic rings. The smallest absolute Gasteiger partial charge is 0.267 e. The van der Waals surface area contributed by atoms with Crippen molar-refractivity contribution < 1.29 is 0 Å². The van der Waals surface area contributed by atoms with Crippen molar-refractivity contribution in [2.24, 2.45) is 0 Å². The van der Waals surface area contributed by atoms with Crippen molar-refractivity contribution >= 4 is 66.3 Å². The van der Waals surface area contributed by atoms with E-state index in [1.54, 1.807) is 60.9 Å². The average Bonchev–Trinajstić information content (AvgIpc) is 1.61. The van der Waals surface area contributed by atoms with E-state index in [4.69, 9.17) is 15.0 Å². The third kappa shape index (κ3) is 17.7. The van der Waals surface area contributed by atoms with Crippen LogP contribution in [0.25, 0.3) is 151 Å². The predicted molar refractivity (Wildman–Crippen MR) is 540 cm³/mol. The van der Waals surface area contributed by atoms with Gasteiger partial charge in [-0.3, -0.25) is 37.9 Å². The quantitative estimate of drug-likeness (QED) is 0.0684. The summed E-state index contributed by atoms with van der Waals surface area (Å²) in [6.07, 6.45) is 37.3. The molecule has 33 heteroatoms. The lowest BCUT2D eigenvalue weighted by Crippen LogP contribution is -2.20. The Morgan fingerprint density at radius 1 is 0.355 bits per heavy atom. The second kappa shape index (κ2) is 37.3. The van der Waals surface area contributed by atoms with Crippen molar-refractivity contribution in [3.8, 4) is 107 Å². The number of fused-ring (bicyclic) bond motifs is 4. The van der Waals surface area contributed by atoms with E-state index >= 15 is 0 Å². The Bertz CT molecular complexity index is 8190. The zero-order chi connectivity index (χ0) is 95.6. The number of hydrogen-bond donors (Lipinski definition) is 0. The summed E-state index contributed by atoms with van der Waals surface area (Å²) in [5.41, 5.74) is 18.3. The van der Waals surface area contributed by atoms with Crippen molar-refractivity contribution in [3.05, 3.63) is 338 Å². The monoisotopic (exact) mass is 1870 g/mol. The van der Waals surface area contributed by atoms with E-state index in [2.05, 4.69) is 166 Å². The summed E-state index contributed by atoms with van der Waals surface area (Å²) in [7, 11) is 0. The van der Waals surface area contributed by atoms with E-state index in [0.29, 0.717) is 90.2 Å². The van der Waals surface area contributed by atoms with Crippen LogP contribution in [0, 0.1) is 27.7 Å². The fourth-order valence-electron chi connectivity index (χ4n) is 17.1. The molecule has 31 nitrogen and oxygen atoms in total. The number of aryl methyl sites for hydroxylation is 4. The van der Waals surface area contributed by atoms with Crippen LogP contribution in [0.3, 0.4) is 0 Å². The molecule has 0 bridgehead atoms. The van der Waals surface area contributed by atoms with Gasteiger partial charge in [-0.15, -0.1) is 32.9 Å². The highest BCUT2D eigenvalue weighted by atomic mass is 32.1. The zero-order valence-electron chi connectivity index (χ0n) is 78.6. The Hall–Kier alpha value is -16.2. The highest BCUT2D eigenvalue weighted by molar-refractivity contribution is 7.14. The van der Waals surface area contributed by atoms with Gasteiger partial charge in [-0.05, 0) is 227 Å². The topological polar surface area (TPSA) is 329 Å². The maximum atomic E-state index is 13.7. The molecule has 0 saturated heterocycles. The molecule has 138 heavy (non-hydrogen) atoms. The molecule has 0 radical (unpaired) electrons. The highest BCUT2D eigenvalue weighted by Gasteiger charge is 2.29. The number of aromatic nitrogens is 27. The predicted octanol–water partition coefficient (Wildman–Crippen LogP) is 20.4. The SMILES string of the molecule is Cc1cc2ncn(-c3cccc(-c4nccn4C(C)C)n3)c(=O)c2cc1-c1ccc(C(C)C)nc1.Cc1cc2ncn(-c3cccc(-c4nccn4C(C)C)n3)c(=O)c2cc1-n1cnc(-c2ccccc2)c1.Cc1cc2ncn(-c3csc(-c4nccn4C(C)C)n3)c(=O)c2cc1-n1cnc(C2CC2)c1.Cc1cc2ncn(-c3csc(-c4nncn4C(C)C)c3)c(=O)c2cc1-n1cnc(C2CC2)c1. The molecule has 690 valence electrons. The molecule has 2 saturated carbocycles. The van der Waals surface area contributed by atoms with Crippen LogP contribution < -0.4 is 22.2 Å². The number of nitrogens with zero attached hydrogens (tertiary/aromatic N) is 27. The maximum Gasteiger partial charge on any atom is 0.267 e. The lowest BCUT2D eigenvalue weighted by molar-refractivity contribution is 0.604. The minimum absolute atomic E-state index is 0.0986. The summed E-state index contributed by atoms with van der Waals surface area (Å²) in [6.45, 7) is 29.1. The summed E-state index contributed by atoms with van der Waals surface area (Å²) in [5.74, 6) is 6.19. The van der Waals surface area contributed by atoms with E-state index < -0.39 is 0 Å². The molecule has 0 aliphatic heterocycles. The number of pyridine rings is 3. The van der Waals surface area contributed by atoms with E-state index in [0.717, 1.165) is 118 Å². The Kier molecular flexibility index (Phi) is 24.2. The molecular formula is C105H99N27O4S2. The molecule has 16 heterocycles. The molecule has 0 N–H and O–H groups in total. The van der Waals surface area contributed by atoms with Crippen molar-refractivity contribution in [3.63, 3.8) is 0 Å². The zero-order valence-corrected chi connectivity index (χ0v) is 80.3. The minimum atomic E-state index is -0.188. The van der Waals surface area contributed by atoms with Crippen molar-refractivity contribution in [2.75, 3.05) is 0 Å². The molecule has 2 aliphatic rings. The molecule has 16 aromatic heterocycles. The van der Waals surface area contributed by atoms with Crippen LogP contribution in [0.15, 0.2) is 276 Å². The lowest BCUT2D eigenvalue weighted by atomic mass is 9.99. The molecule has 0 atom stereocenters. The van der Waals surface area contributed by atoms with Crippen molar-refractivity contribution in [2.45, 2.75) is 165 Å². The van der Waals surface area contributed by atoms with Crippen LogP contribution >= 0.6 is 22.7 Å². The van der Waals surface area contributed by atoms with E-state index in [-0.39, 0.29) is 46.4 Å². The van der Waals surface area contributed by atoms with Crippen LogP contribution in [0.2, 0.25) is 0 Å². The molecule has 0 amide bonds. The maximum absolute atomic E-state index is 13.7. The normalized spacial score (nSPS) is 12.7. The number of thiazole rings is 1. The van der Waals surface area contributed by atoms with E-state index in [1.165, 1.54) is 68.4 Å². The number of imidazole rings is 6. The van der Waals surface area contributed by atoms with Crippen LogP contribution in [-0.2, 0) is 0 Å². The fourth-order valence-corrected chi connectivity index (χ4v) is 18.7. The fraction of sp³-hybridized carbons (Fsp3) is 0.238. The minimum Gasteiger partial charge on any atom is -0.327 e. The molecule has 2 aliphatic carbocycles. The van der Waals surface area contributed by atoms with Crippen molar-refractivity contribution in [1.82, 2.24) is 130 Å². The Balaban J connectivity index is 0.000000114. The van der Waals surface area contributed by atoms with Gasteiger partial charge in [0.2, 0.25) is 0 Å². The van der Waals surface area contributed by atoms with E-state index in [9.17, 15) is 19.2 Å². The standard InChI is InChI=1S/C29H25N7O.C28H28N6O.2C24H23N7OS/c1-19(2)35-13-12-30-28(35)23-10-7-11-27(33-23)36-18-32-24-14-20(3)26(15-22(24)29(36)37)34-16-25(31-17-34)21-8-5-4-6-9-21;1-17(2)23-10-9-20(15-30-23)21-14-22-25(13-19(21)5)31-16-34(28(22)35)26-8-6-7-24(32-26)27-29-11-12-33(27)18(3)4;1-14(2)30-13-27-28-23(30)22-7-17(10-33-22)31-12-26-19-6-15(3)21(8-18(19)24(31)32)29-9-20(25-11-29)16-4-5-16;1-14(2)30-7-6-25-22(30)23-28-21(11-33-23)31-13-27-18-8-15(3)20(9-17(18)24(31)32)29-10-19(26-12-29)16-4-5-16/h4-19H,1-3H3;6-18H,1-5H3;2*6-14,16H,4-5H2,1-3H3. The Morgan fingerprint density at radius 2 is 0.812 bits per heavy atom. The van der Waals surface area contributed by atoms with Crippen molar-refractivity contribution in [1.29, 1.82) is 0 Å². The van der Waals surface area contributed by atoms with Crippen LogP contribution in [0.5, 0.6) is 0 Å². The van der Waals surface area contributed by atoms with Gasteiger partial charge in [0.1, 0.15) is 54.7 Å². The summed E-state index contributed by atoms with van der Waals surface area (Å²) in [6, 6.07) is 43.7. The molecule has 0 unspecified atom stereocenters. The highest BCUT2D eigenvalue weighted by Crippen LogP contribution is 2.42. The summed E-state index contributed by atoms with van der Waals surface area (Å²) < 4.78 is 20.2. The van der Waals surface area contributed by atoms with Gasteiger partial charge in [0.05, 0.1) is 107 Å². The van der Waals surface area contributed by atoms with Crippen LogP contribution in [0.1, 0.15) is 176 Å². The van der Waals surface area contributed by atoms with Gasteiger partial charge in [-0.25, -0.2) is 69.4 Å². The molecule has 5 aromatic carbocycles. The first-order valence-electron chi connectivity index (χ1n) is 46.0. The summed E-state index contributed by atoms with van der Waals surface area (Å²) >= 11 is 3.01.